The van der Waals surface area contributed by atoms with E-state index in [-0.39, 0.29) is 28.1 Å². The normalized spacial score (nSPS) is 13.7. The molecule has 120 valence electrons. The van der Waals surface area contributed by atoms with Crippen molar-refractivity contribution >= 4 is 15.7 Å². The quantitative estimate of drug-likeness (QED) is 0.792. The number of rotatable bonds is 6. The van der Waals surface area contributed by atoms with Crippen molar-refractivity contribution < 1.29 is 12.8 Å². The van der Waals surface area contributed by atoms with Crippen molar-refractivity contribution in [2.24, 2.45) is 5.92 Å². The molecule has 1 aromatic carbocycles. The Balaban J connectivity index is 3.24. The molecule has 0 aliphatic carbocycles. The van der Waals surface area contributed by atoms with Crippen LogP contribution in [-0.4, -0.2) is 14.5 Å². The van der Waals surface area contributed by atoms with Crippen LogP contribution in [0, 0.1) is 25.6 Å². The maximum Gasteiger partial charge on any atom is 0.241 e. The van der Waals surface area contributed by atoms with Gasteiger partial charge in [0, 0.05) is 6.04 Å². The first-order valence-corrected chi connectivity index (χ1v) is 8.71. The molecule has 21 heavy (non-hydrogen) atoms. The maximum absolute atomic E-state index is 13.6. The van der Waals surface area contributed by atoms with E-state index >= 15 is 0 Å². The van der Waals surface area contributed by atoms with Gasteiger partial charge in [-0.25, -0.2) is 17.5 Å². The topological polar surface area (TPSA) is 72.2 Å². The zero-order valence-corrected chi connectivity index (χ0v) is 14.1. The number of aryl methyl sites for hydroxylation is 1. The Kier molecular flexibility index (Phi) is 5.75. The molecule has 1 atom stereocenters. The average molecular weight is 316 g/mol. The second-order valence-corrected chi connectivity index (χ2v) is 7.18. The first-order chi connectivity index (χ1) is 9.65. The van der Waals surface area contributed by atoms with Crippen LogP contribution >= 0.6 is 0 Å². The molecule has 0 aromatic heterocycles. The molecule has 1 aromatic rings. The van der Waals surface area contributed by atoms with Crippen LogP contribution < -0.4 is 10.5 Å². The molecule has 0 spiro atoms. The highest BCUT2D eigenvalue weighted by molar-refractivity contribution is 7.89. The molecule has 0 aliphatic heterocycles. The summed E-state index contributed by atoms with van der Waals surface area (Å²) < 4.78 is 41.5. The maximum atomic E-state index is 13.6. The lowest BCUT2D eigenvalue weighted by atomic mass is 9.96. The van der Waals surface area contributed by atoms with Crippen molar-refractivity contribution in [3.63, 3.8) is 0 Å². The Labute approximate surface area is 127 Å². The third kappa shape index (κ3) is 3.74. The second-order valence-electron chi connectivity index (χ2n) is 5.53. The van der Waals surface area contributed by atoms with Gasteiger partial charge in [-0.15, -0.1) is 0 Å². The molecular formula is C15H25FN2O2S. The number of benzene rings is 1. The van der Waals surface area contributed by atoms with Gasteiger partial charge in [-0.1, -0.05) is 26.7 Å². The summed E-state index contributed by atoms with van der Waals surface area (Å²) in [4.78, 5) is 0.0826. The van der Waals surface area contributed by atoms with Crippen LogP contribution in [0.4, 0.5) is 10.1 Å². The number of halogens is 1. The Morgan fingerprint density at radius 2 is 1.81 bits per heavy atom. The number of nitrogens with one attached hydrogen (secondary N) is 1. The molecule has 0 amide bonds. The summed E-state index contributed by atoms with van der Waals surface area (Å²) in [7, 11) is -3.72. The first kappa shape index (κ1) is 17.9. The predicted molar refractivity (Wildman–Crippen MR) is 84.1 cm³/mol. The number of anilines is 1. The zero-order valence-electron chi connectivity index (χ0n) is 13.3. The molecule has 0 bridgehead atoms. The molecule has 0 fully saturated rings. The van der Waals surface area contributed by atoms with Gasteiger partial charge in [0.1, 0.15) is 5.82 Å². The number of hydrogen-bond acceptors (Lipinski definition) is 3. The van der Waals surface area contributed by atoms with Crippen molar-refractivity contribution in [1.29, 1.82) is 0 Å². The van der Waals surface area contributed by atoms with Crippen molar-refractivity contribution in [3.05, 3.63) is 23.0 Å². The smallest absolute Gasteiger partial charge is 0.241 e. The summed E-state index contributed by atoms with van der Waals surface area (Å²) in [6, 6.07) is 0.980. The molecule has 0 saturated heterocycles. The van der Waals surface area contributed by atoms with E-state index < -0.39 is 15.8 Å². The van der Waals surface area contributed by atoms with Crippen molar-refractivity contribution in [1.82, 2.24) is 4.72 Å². The lowest BCUT2D eigenvalue weighted by Crippen LogP contribution is -2.38. The summed E-state index contributed by atoms with van der Waals surface area (Å²) in [5.41, 5.74) is 6.13. The Morgan fingerprint density at radius 3 is 2.29 bits per heavy atom. The van der Waals surface area contributed by atoms with Gasteiger partial charge in [-0.05, 0) is 43.9 Å². The average Bonchev–Trinajstić information content (AvgIpc) is 2.36. The number of nitrogens with two attached hydrogens (primary N) is 1. The number of hydrogen-bond donors (Lipinski definition) is 2. The van der Waals surface area contributed by atoms with Crippen LogP contribution in [0.2, 0.25) is 0 Å². The highest BCUT2D eigenvalue weighted by Gasteiger charge is 2.26. The molecular weight excluding hydrogens is 291 g/mol. The summed E-state index contributed by atoms with van der Waals surface area (Å²) in [5, 5.41) is 0. The molecule has 1 unspecified atom stereocenters. The molecule has 3 N–H and O–H groups in total. The minimum atomic E-state index is -3.72. The fourth-order valence-electron chi connectivity index (χ4n) is 2.74. The number of sulfonamides is 1. The summed E-state index contributed by atoms with van der Waals surface area (Å²) in [5.74, 6) is -0.324. The zero-order chi connectivity index (χ0) is 16.4. The van der Waals surface area contributed by atoms with Crippen LogP contribution in [0.5, 0.6) is 0 Å². The molecule has 0 radical (unpaired) electrons. The van der Waals surface area contributed by atoms with Crippen LogP contribution in [0.3, 0.4) is 0 Å². The minimum absolute atomic E-state index is 0.0826. The molecule has 4 nitrogen and oxygen atoms in total. The Morgan fingerprint density at radius 1 is 1.29 bits per heavy atom. The predicted octanol–water partition coefficient (Wildman–Crippen LogP) is 3.13. The number of nitrogen functional groups attached to an aromatic ring is 1. The highest BCUT2D eigenvalue weighted by Crippen LogP contribution is 2.28. The van der Waals surface area contributed by atoms with Crippen LogP contribution in [0.25, 0.3) is 0 Å². The van der Waals surface area contributed by atoms with E-state index in [4.69, 9.17) is 5.73 Å². The van der Waals surface area contributed by atoms with Gasteiger partial charge in [0.2, 0.25) is 10.0 Å². The Hall–Kier alpha value is -1.14. The van der Waals surface area contributed by atoms with Gasteiger partial charge >= 0.3 is 0 Å². The van der Waals surface area contributed by atoms with Crippen molar-refractivity contribution in [2.75, 3.05) is 5.73 Å². The van der Waals surface area contributed by atoms with Crippen LogP contribution in [0.1, 0.15) is 44.7 Å². The standard InChI is InChI=1S/C15H25FN2O2S/c1-6-12(7-2)11(5)18-21(19,20)15-9(3)8-13(16)14(17)10(15)4/h8,11-12,18H,6-7,17H2,1-5H3. The van der Waals surface area contributed by atoms with Gasteiger partial charge in [0.05, 0.1) is 10.6 Å². The van der Waals surface area contributed by atoms with Crippen LogP contribution in [0.15, 0.2) is 11.0 Å². The van der Waals surface area contributed by atoms with Crippen molar-refractivity contribution in [3.8, 4) is 0 Å². The van der Waals surface area contributed by atoms with E-state index in [2.05, 4.69) is 4.72 Å². The van der Waals surface area contributed by atoms with E-state index in [1.807, 2.05) is 20.8 Å². The van der Waals surface area contributed by atoms with Gasteiger partial charge in [0.25, 0.3) is 0 Å². The highest BCUT2D eigenvalue weighted by atomic mass is 32.2. The fraction of sp³-hybridized carbons (Fsp3) is 0.600. The summed E-state index contributed by atoms with van der Waals surface area (Å²) in [6.07, 6.45) is 1.79. The van der Waals surface area contributed by atoms with Gasteiger partial charge in [0.15, 0.2) is 0 Å². The summed E-state index contributed by atoms with van der Waals surface area (Å²) >= 11 is 0. The van der Waals surface area contributed by atoms with Crippen molar-refractivity contribution in [2.45, 2.75) is 58.4 Å². The monoisotopic (exact) mass is 316 g/mol. The van der Waals surface area contributed by atoms with E-state index in [1.54, 1.807) is 6.92 Å². The first-order valence-electron chi connectivity index (χ1n) is 7.23. The van der Waals surface area contributed by atoms with Crippen LogP contribution in [-0.2, 0) is 10.0 Å². The van der Waals surface area contributed by atoms with Gasteiger partial charge in [-0.2, -0.15) is 0 Å². The van der Waals surface area contributed by atoms with E-state index in [0.717, 1.165) is 12.8 Å². The lowest BCUT2D eigenvalue weighted by molar-refractivity contribution is 0.390. The fourth-order valence-corrected chi connectivity index (χ4v) is 4.54. The third-order valence-electron chi connectivity index (χ3n) is 4.07. The molecule has 1 rings (SSSR count). The molecule has 0 aliphatic rings. The van der Waals surface area contributed by atoms with E-state index in [0.29, 0.717) is 5.56 Å². The van der Waals surface area contributed by atoms with Gasteiger partial charge in [-0.3, -0.25) is 0 Å². The molecule has 6 heteroatoms. The largest absolute Gasteiger partial charge is 0.396 e. The lowest BCUT2D eigenvalue weighted by Gasteiger charge is -2.23. The third-order valence-corrected chi connectivity index (χ3v) is 5.92. The van der Waals surface area contributed by atoms with E-state index in [9.17, 15) is 12.8 Å². The van der Waals surface area contributed by atoms with E-state index in [1.165, 1.54) is 13.0 Å². The molecule has 0 saturated carbocycles. The summed E-state index contributed by atoms with van der Waals surface area (Å²) in [6.45, 7) is 9.02. The van der Waals surface area contributed by atoms with Gasteiger partial charge < -0.3 is 5.73 Å². The SMILES string of the molecule is CCC(CC)C(C)NS(=O)(=O)c1c(C)cc(F)c(N)c1C. The molecule has 0 heterocycles. The Bertz CT molecular complexity index is 611. The second kappa shape index (κ2) is 6.75. The minimum Gasteiger partial charge on any atom is -0.396 e.